The average Bonchev–Trinajstić information content (AvgIpc) is 2.82. The Kier molecular flexibility index (Phi) is 4.09. The second-order valence-corrected chi connectivity index (χ2v) is 4.81. The van der Waals surface area contributed by atoms with Crippen molar-refractivity contribution in [3.63, 3.8) is 0 Å². The molecule has 1 heterocycles. The van der Waals surface area contributed by atoms with Crippen LogP contribution in [0, 0.1) is 5.82 Å². The van der Waals surface area contributed by atoms with Crippen molar-refractivity contribution < 1.29 is 4.39 Å². The van der Waals surface area contributed by atoms with Gasteiger partial charge in [-0.2, -0.15) is 0 Å². The maximum Gasteiger partial charge on any atom is 0.146 e. The summed E-state index contributed by atoms with van der Waals surface area (Å²) in [5.41, 5.74) is 2.48. The van der Waals surface area contributed by atoms with E-state index in [1.54, 1.807) is 22.9 Å². The molecule has 0 N–H and O–H groups in total. The standard InChI is InChI=1S/C13H15FN2S/c1-2-7-16(9-11-8-15-10-17-11)13-6-4-3-5-12(13)14/h3-6,8,10H,2,7,9H2,1H3. The molecular weight excluding hydrogens is 235 g/mol. The number of aromatic nitrogens is 1. The Bertz CT molecular complexity index is 456. The third-order valence-electron chi connectivity index (χ3n) is 2.52. The van der Waals surface area contributed by atoms with Crippen LogP contribution in [0.25, 0.3) is 0 Å². The summed E-state index contributed by atoms with van der Waals surface area (Å²) in [4.78, 5) is 7.26. The van der Waals surface area contributed by atoms with Crippen LogP contribution in [0.3, 0.4) is 0 Å². The molecule has 17 heavy (non-hydrogen) atoms. The molecule has 0 atom stereocenters. The number of anilines is 1. The number of rotatable bonds is 5. The van der Waals surface area contributed by atoms with Crippen LogP contribution in [0.15, 0.2) is 36.0 Å². The predicted molar refractivity (Wildman–Crippen MR) is 69.9 cm³/mol. The Hall–Kier alpha value is -1.42. The Morgan fingerprint density at radius 2 is 2.18 bits per heavy atom. The van der Waals surface area contributed by atoms with E-state index in [-0.39, 0.29) is 5.82 Å². The van der Waals surface area contributed by atoms with E-state index in [1.165, 1.54) is 6.07 Å². The number of benzene rings is 1. The van der Waals surface area contributed by atoms with Crippen LogP contribution < -0.4 is 4.90 Å². The molecule has 2 rings (SSSR count). The van der Waals surface area contributed by atoms with E-state index < -0.39 is 0 Å². The van der Waals surface area contributed by atoms with E-state index in [0.717, 1.165) is 24.4 Å². The predicted octanol–water partition coefficient (Wildman–Crippen LogP) is 3.70. The molecule has 2 nitrogen and oxygen atoms in total. The van der Waals surface area contributed by atoms with Gasteiger partial charge < -0.3 is 4.90 Å². The third kappa shape index (κ3) is 3.03. The number of hydrogen-bond acceptors (Lipinski definition) is 3. The summed E-state index contributed by atoms with van der Waals surface area (Å²) < 4.78 is 13.7. The molecule has 0 spiro atoms. The summed E-state index contributed by atoms with van der Waals surface area (Å²) in [6.07, 6.45) is 2.83. The van der Waals surface area contributed by atoms with Gasteiger partial charge in [0, 0.05) is 17.6 Å². The van der Waals surface area contributed by atoms with Crippen molar-refractivity contribution >= 4 is 17.0 Å². The first kappa shape index (κ1) is 12.0. The van der Waals surface area contributed by atoms with E-state index in [9.17, 15) is 4.39 Å². The molecule has 1 aromatic heterocycles. The molecule has 0 radical (unpaired) electrons. The summed E-state index contributed by atoms with van der Waals surface area (Å²) in [6, 6.07) is 6.92. The summed E-state index contributed by atoms with van der Waals surface area (Å²) in [5, 5.41) is 0. The lowest BCUT2D eigenvalue weighted by Crippen LogP contribution is -2.23. The molecule has 0 unspecified atom stereocenters. The molecule has 0 amide bonds. The minimum atomic E-state index is -0.162. The Labute approximate surface area is 105 Å². The SMILES string of the molecule is CCCN(Cc1cncs1)c1ccccc1F. The zero-order valence-corrected chi connectivity index (χ0v) is 10.6. The van der Waals surface area contributed by atoms with Gasteiger partial charge in [0.1, 0.15) is 5.82 Å². The van der Waals surface area contributed by atoms with Gasteiger partial charge in [-0.25, -0.2) is 4.39 Å². The fourth-order valence-electron chi connectivity index (χ4n) is 1.77. The lowest BCUT2D eigenvalue weighted by atomic mass is 10.2. The van der Waals surface area contributed by atoms with Crippen LogP contribution in [0.5, 0.6) is 0 Å². The number of hydrogen-bond donors (Lipinski definition) is 0. The van der Waals surface area contributed by atoms with E-state index in [4.69, 9.17) is 0 Å². The molecule has 90 valence electrons. The van der Waals surface area contributed by atoms with Gasteiger partial charge in [-0.1, -0.05) is 19.1 Å². The molecule has 1 aromatic carbocycles. The smallest absolute Gasteiger partial charge is 0.146 e. The summed E-state index contributed by atoms with van der Waals surface area (Å²) in [7, 11) is 0. The summed E-state index contributed by atoms with van der Waals surface area (Å²) in [5.74, 6) is -0.162. The van der Waals surface area contributed by atoms with Crippen LogP contribution in [0.2, 0.25) is 0 Å². The van der Waals surface area contributed by atoms with Crippen molar-refractivity contribution in [3.8, 4) is 0 Å². The van der Waals surface area contributed by atoms with Crippen LogP contribution in [-0.4, -0.2) is 11.5 Å². The fraction of sp³-hybridized carbons (Fsp3) is 0.308. The number of para-hydroxylation sites is 1. The van der Waals surface area contributed by atoms with Gasteiger partial charge in [-0.05, 0) is 18.6 Å². The third-order valence-corrected chi connectivity index (χ3v) is 3.28. The first-order chi connectivity index (χ1) is 8.31. The largest absolute Gasteiger partial charge is 0.364 e. The van der Waals surface area contributed by atoms with E-state index >= 15 is 0 Å². The molecule has 0 aliphatic carbocycles. The van der Waals surface area contributed by atoms with Crippen LogP contribution in [-0.2, 0) is 6.54 Å². The molecule has 0 aliphatic rings. The van der Waals surface area contributed by atoms with Crippen molar-refractivity contribution in [2.75, 3.05) is 11.4 Å². The van der Waals surface area contributed by atoms with Crippen molar-refractivity contribution in [1.82, 2.24) is 4.98 Å². The minimum absolute atomic E-state index is 0.162. The van der Waals surface area contributed by atoms with Crippen molar-refractivity contribution in [3.05, 3.63) is 46.7 Å². The molecule has 2 aromatic rings. The van der Waals surface area contributed by atoms with Crippen molar-refractivity contribution in [2.24, 2.45) is 0 Å². The molecule has 0 aliphatic heterocycles. The number of halogens is 1. The monoisotopic (exact) mass is 250 g/mol. The molecular formula is C13H15FN2S. The quantitative estimate of drug-likeness (QED) is 0.804. The van der Waals surface area contributed by atoms with Crippen LogP contribution in [0.1, 0.15) is 18.2 Å². The Balaban J connectivity index is 2.20. The summed E-state index contributed by atoms with van der Waals surface area (Å²) >= 11 is 1.60. The topological polar surface area (TPSA) is 16.1 Å². The molecule has 0 bridgehead atoms. The minimum Gasteiger partial charge on any atom is -0.364 e. The second kappa shape index (κ2) is 5.77. The maximum atomic E-state index is 13.7. The van der Waals surface area contributed by atoms with Gasteiger partial charge in [-0.3, -0.25) is 4.98 Å². The highest BCUT2D eigenvalue weighted by atomic mass is 32.1. The van der Waals surface area contributed by atoms with Gasteiger partial charge in [0.2, 0.25) is 0 Å². The highest BCUT2D eigenvalue weighted by Gasteiger charge is 2.11. The molecule has 0 fully saturated rings. The lowest BCUT2D eigenvalue weighted by Gasteiger charge is -2.23. The molecule has 0 saturated carbocycles. The Morgan fingerprint density at radius 3 is 2.82 bits per heavy atom. The Morgan fingerprint density at radius 1 is 1.35 bits per heavy atom. The van der Waals surface area contributed by atoms with E-state index in [1.807, 2.05) is 18.3 Å². The van der Waals surface area contributed by atoms with E-state index in [2.05, 4.69) is 16.8 Å². The van der Waals surface area contributed by atoms with Crippen LogP contribution in [0.4, 0.5) is 10.1 Å². The van der Waals surface area contributed by atoms with Crippen LogP contribution >= 0.6 is 11.3 Å². The van der Waals surface area contributed by atoms with Crippen molar-refractivity contribution in [1.29, 1.82) is 0 Å². The second-order valence-electron chi connectivity index (χ2n) is 3.84. The zero-order chi connectivity index (χ0) is 12.1. The number of nitrogens with zero attached hydrogens (tertiary/aromatic N) is 2. The summed E-state index contributed by atoms with van der Waals surface area (Å²) in [6.45, 7) is 3.67. The zero-order valence-electron chi connectivity index (χ0n) is 9.77. The van der Waals surface area contributed by atoms with Gasteiger partial charge in [0.05, 0.1) is 17.7 Å². The van der Waals surface area contributed by atoms with Gasteiger partial charge in [0.25, 0.3) is 0 Å². The normalized spacial score (nSPS) is 10.5. The van der Waals surface area contributed by atoms with Crippen molar-refractivity contribution in [2.45, 2.75) is 19.9 Å². The molecule has 0 saturated heterocycles. The van der Waals surface area contributed by atoms with Gasteiger partial charge >= 0.3 is 0 Å². The first-order valence-electron chi connectivity index (χ1n) is 5.68. The fourth-order valence-corrected chi connectivity index (χ4v) is 2.38. The van der Waals surface area contributed by atoms with Gasteiger partial charge in [0.15, 0.2) is 0 Å². The van der Waals surface area contributed by atoms with Gasteiger partial charge in [-0.15, -0.1) is 11.3 Å². The average molecular weight is 250 g/mol. The lowest BCUT2D eigenvalue weighted by molar-refractivity contribution is 0.615. The highest BCUT2D eigenvalue weighted by molar-refractivity contribution is 7.09. The highest BCUT2D eigenvalue weighted by Crippen LogP contribution is 2.22. The van der Waals surface area contributed by atoms with E-state index in [0.29, 0.717) is 5.69 Å². The number of thiazole rings is 1. The molecule has 4 heteroatoms. The maximum absolute atomic E-state index is 13.7. The first-order valence-corrected chi connectivity index (χ1v) is 6.56.